The minimum absolute atomic E-state index is 0.214. The number of pyridine rings is 1. The van der Waals surface area contributed by atoms with Crippen molar-refractivity contribution in [1.29, 1.82) is 0 Å². The lowest BCUT2D eigenvalue weighted by Gasteiger charge is -2.11. The van der Waals surface area contributed by atoms with Crippen LogP contribution >= 0.6 is 23.2 Å². The molecule has 2 aromatic carbocycles. The number of benzene rings is 2. The van der Waals surface area contributed by atoms with Gasteiger partial charge in [0.2, 0.25) is 0 Å². The molecule has 0 unspecified atom stereocenters. The van der Waals surface area contributed by atoms with Gasteiger partial charge in [0.15, 0.2) is 11.6 Å². The van der Waals surface area contributed by atoms with Crippen LogP contribution in [0.3, 0.4) is 0 Å². The van der Waals surface area contributed by atoms with Crippen LogP contribution in [0.5, 0.6) is 5.75 Å². The van der Waals surface area contributed by atoms with Crippen LogP contribution in [0.15, 0.2) is 71.9 Å². The van der Waals surface area contributed by atoms with Gasteiger partial charge in [-0.1, -0.05) is 59.6 Å². The summed E-state index contributed by atoms with van der Waals surface area (Å²) in [5.74, 6) is 1.39. The smallest absolute Gasteiger partial charge is 0.196 e. The Kier molecular flexibility index (Phi) is 6.10. The lowest BCUT2D eigenvalue weighted by atomic mass is 10.1. The van der Waals surface area contributed by atoms with Gasteiger partial charge in [0.25, 0.3) is 0 Å². The van der Waals surface area contributed by atoms with E-state index in [1.807, 2.05) is 30.3 Å². The molecule has 4 nitrogen and oxygen atoms in total. The van der Waals surface area contributed by atoms with Crippen LogP contribution in [0.1, 0.15) is 11.1 Å². The molecule has 0 amide bonds. The number of hydrogen-bond donors (Lipinski definition) is 1. The Morgan fingerprint density at radius 1 is 0.962 bits per heavy atom. The Hall–Kier alpha value is -2.56. The second kappa shape index (κ2) is 8.70. The first kappa shape index (κ1) is 18.2. The number of aliphatic imine (C=N–C) groups is 1. The van der Waals surface area contributed by atoms with Crippen molar-refractivity contribution < 1.29 is 4.74 Å². The maximum Gasteiger partial charge on any atom is 0.196 e. The van der Waals surface area contributed by atoms with Gasteiger partial charge in [-0.05, 0) is 29.8 Å². The van der Waals surface area contributed by atoms with E-state index in [2.05, 4.69) is 9.98 Å². The molecule has 0 fully saturated rings. The standard InChI is InChI=1S/C20H17Cl2N3O/c21-16-8-4-9-17(22)15(16)13-26-18-10-5-11-24-20(18)25-19(23)12-14-6-2-1-3-7-14/h1-11H,12-13H2,(H2,23,24,25). The summed E-state index contributed by atoms with van der Waals surface area (Å²) < 4.78 is 5.84. The van der Waals surface area contributed by atoms with Crippen LogP contribution < -0.4 is 10.5 Å². The summed E-state index contributed by atoms with van der Waals surface area (Å²) in [6, 6.07) is 18.8. The van der Waals surface area contributed by atoms with E-state index >= 15 is 0 Å². The normalized spacial score (nSPS) is 11.4. The average Bonchev–Trinajstić information content (AvgIpc) is 2.63. The third-order valence-corrected chi connectivity index (χ3v) is 4.37. The molecule has 0 aliphatic carbocycles. The van der Waals surface area contributed by atoms with Gasteiger partial charge in [0.05, 0.1) is 0 Å². The fourth-order valence-electron chi connectivity index (χ4n) is 2.38. The van der Waals surface area contributed by atoms with Crippen molar-refractivity contribution in [3.05, 3.63) is 88.0 Å². The molecule has 2 N–H and O–H groups in total. The summed E-state index contributed by atoms with van der Waals surface area (Å²) >= 11 is 12.4. The Balaban J connectivity index is 1.77. The number of halogens is 2. The predicted octanol–water partition coefficient (Wildman–Crippen LogP) is 5.20. The molecule has 0 aliphatic heterocycles. The summed E-state index contributed by atoms with van der Waals surface area (Å²) in [6.45, 7) is 0.214. The SMILES string of the molecule is NC(Cc1ccccc1)=Nc1ncccc1OCc1c(Cl)cccc1Cl. The summed E-state index contributed by atoms with van der Waals surface area (Å²) in [6.07, 6.45) is 2.18. The third kappa shape index (κ3) is 4.75. The van der Waals surface area contributed by atoms with Gasteiger partial charge in [-0.2, -0.15) is 0 Å². The minimum Gasteiger partial charge on any atom is -0.485 e. The van der Waals surface area contributed by atoms with Crippen LogP contribution in [-0.4, -0.2) is 10.8 Å². The zero-order valence-electron chi connectivity index (χ0n) is 13.9. The van der Waals surface area contributed by atoms with E-state index in [1.165, 1.54) is 0 Å². The molecule has 0 bridgehead atoms. The van der Waals surface area contributed by atoms with Crippen LogP contribution in [0.4, 0.5) is 5.82 Å². The first-order valence-corrected chi connectivity index (χ1v) is 8.77. The lowest BCUT2D eigenvalue weighted by molar-refractivity contribution is 0.306. The van der Waals surface area contributed by atoms with E-state index in [0.29, 0.717) is 39.4 Å². The van der Waals surface area contributed by atoms with Crippen molar-refractivity contribution in [2.45, 2.75) is 13.0 Å². The zero-order chi connectivity index (χ0) is 18.4. The van der Waals surface area contributed by atoms with Crippen LogP contribution in [0.25, 0.3) is 0 Å². The Labute approximate surface area is 162 Å². The van der Waals surface area contributed by atoms with Crippen LogP contribution in [0, 0.1) is 0 Å². The second-order valence-electron chi connectivity index (χ2n) is 5.58. The van der Waals surface area contributed by atoms with Gasteiger partial charge in [0, 0.05) is 28.2 Å². The molecular formula is C20H17Cl2N3O. The highest BCUT2D eigenvalue weighted by atomic mass is 35.5. The highest BCUT2D eigenvalue weighted by Crippen LogP contribution is 2.29. The molecule has 6 heteroatoms. The Morgan fingerprint density at radius 3 is 2.42 bits per heavy atom. The lowest BCUT2D eigenvalue weighted by Crippen LogP contribution is -2.14. The van der Waals surface area contributed by atoms with Crippen LogP contribution in [0.2, 0.25) is 10.0 Å². The van der Waals surface area contributed by atoms with E-state index in [-0.39, 0.29) is 6.61 Å². The number of amidine groups is 1. The topological polar surface area (TPSA) is 60.5 Å². The van der Waals surface area contributed by atoms with Gasteiger partial charge in [-0.25, -0.2) is 9.98 Å². The highest BCUT2D eigenvalue weighted by molar-refractivity contribution is 6.35. The number of ether oxygens (including phenoxy) is 1. The van der Waals surface area contributed by atoms with E-state index in [4.69, 9.17) is 33.7 Å². The Morgan fingerprint density at radius 2 is 1.69 bits per heavy atom. The molecule has 0 spiro atoms. The number of aromatic nitrogens is 1. The maximum absolute atomic E-state index is 6.18. The number of nitrogens with zero attached hydrogens (tertiary/aromatic N) is 2. The van der Waals surface area contributed by atoms with Gasteiger partial charge < -0.3 is 10.5 Å². The molecule has 1 heterocycles. The van der Waals surface area contributed by atoms with E-state index < -0.39 is 0 Å². The number of rotatable bonds is 6. The van der Waals surface area contributed by atoms with E-state index in [1.54, 1.807) is 36.5 Å². The first-order valence-electron chi connectivity index (χ1n) is 8.01. The molecule has 3 rings (SSSR count). The largest absolute Gasteiger partial charge is 0.485 e. The quantitative estimate of drug-likeness (QED) is 0.468. The van der Waals surface area contributed by atoms with Gasteiger partial charge in [-0.3, -0.25) is 0 Å². The summed E-state index contributed by atoms with van der Waals surface area (Å²) in [7, 11) is 0. The summed E-state index contributed by atoms with van der Waals surface area (Å²) in [4.78, 5) is 8.66. The molecule has 0 saturated heterocycles. The predicted molar refractivity (Wildman–Crippen MR) is 106 cm³/mol. The minimum atomic E-state index is 0.214. The fraction of sp³-hybridized carbons (Fsp3) is 0.100. The fourth-order valence-corrected chi connectivity index (χ4v) is 2.89. The number of nitrogens with two attached hydrogens (primary N) is 1. The summed E-state index contributed by atoms with van der Waals surface area (Å²) in [5.41, 5.74) is 7.87. The molecule has 0 atom stereocenters. The molecule has 0 radical (unpaired) electrons. The van der Waals surface area contributed by atoms with Gasteiger partial charge in [-0.15, -0.1) is 0 Å². The third-order valence-electron chi connectivity index (χ3n) is 3.66. The van der Waals surface area contributed by atoms with Crippen molar-refractivity contribution >= 4 is 34.9 Å². The zero-order valence-corrected chi connectivity index (χ0v) is 15.4. The van der Waals surface area contributed by atoms with Crippen molar-refractivity contribution in [2.75, 3.05) is 0 Å². The molecule has 132 valence electrons. The van der Waals surface area contributed by atoms with Gasteiger partial charge in [0.1, 0.15) is 12.4 Å². The average molecular weight is 386 g/mol. The number of hydrogen-bond acceptors (Lipinski definition) is 3. The molecule has 1 aromatic heterocycles. The van der Waals surface area contributed by atoms with Crippen molar-refractivity contribution in [3.63, 3.8) is 0 Å². The maximum atomic E-state index is 6.18. The van der Waals surface area contributed by atoms with Gasteiger partial charge >= 0.3 is 0 Å². The van der Waals surface area contributed by atoms with E-state index in [9.17, 15) is 0 Å². The molecular weight excluding hydrogens is 369 g/mol. The first-order chi connectivity index (χ1) is 12.6. The van der Waals surface area contributed by atoms with Crippen LogP contribution in [-0.2, 0) is 13.0 Å². The monoisotopic (exact) mass is 385 g/mol. The molecule has 26 heavy (non-hydrogen) atoms. The molecule has 0 saturated carbocycles. The summed E-state index contributed by atoms with van der Waals surface area (Å²) in [5, 5.41) is 1.10. The van der Waals surface area contributed by atoms with E-state index in [0.717, 1.165) is 5.56 Å². The van der Waals surface area contributed by atoms with Crippen molar-refractivity contribution in [1.82, 2.24) is 4.98 Å². The molecule has 0 aliphatic rings. The second-order valence-corrected chi connectivity index (χ2v) is 6.39. The molecule has 3 aromatic rings. The Bertz CT molecular complexity index is 894. The highest BCUT2D eigenvalue weighted by Gasteiger charge is 2.09. The van der Waals surface area contributed by atoms with Crippen molar-refractivity contribution in [2.24, 2.45) is 10.7 Å². The van der Waals surface area contributed by atoms with Crippen molar-refractivity contribution in [3.8, 4) is 5.75 Å².